The van der Waals surface area contributed by atoms with Crippen molar-refractivity contribution in [3.8, 4) is 5.75 Å². The highest BCUT2D eigenvalue weighted by Crippen LogP contribution is 2.43. The van der Waals surface area contributed by atoms with Gasteiger partial charge in [-0.1, -0.05) is 18.2 Å². The van der Waals surface area contributed by atoms with Gasteiger partial charge in [-0.05, 0) is 31.4 Å². The molecule has 3 rings (SSSR count). The van der Waals surface area contributed by atoms with Crippen molar-refractivity contribution < 1.29 is 9.53 Å². The number of nitrogens with one attached hydrogen (secondary N) is 1. The lowest BCUT2D eigenvalue weighted by Gasteiger charge is -2.25. The van der Waals surface area contributed by atoms with Crippen LogP contribution in [0.25, 0.3) is 0 Å². The molecule has 1 aliphatic heterocycles. The largest absolute Gasteiger partial charge is 0.491 e. The van der Waals surface area contributed by atoms with Gasteiger partial charge in [-0.25, -0.2) is 0 Å². The first-order valence-electron chi connectivity index (χ1n) is 6.78. The highest BCUT2D eigenvalue weighted by atomic mass is 32.1. The van der Waals surface area contributed by atoms with Crippen LogP contribution < -0.4 is 10.1 Å². The molecule has 0 unspecified atom stereocenters. The van der Waals surface area contributed by atoms with Gasteiger partial charge in [-0.2, -0.15) is 0 Å². The fourth-order valence-corrected chi connectivity index (χ4v) is 3.53. The average Bonchev–Trinajstić information content (AvgIpc) is 2.86. The molecule has 20 heavy (non-hydrogen) atoms. The molecular weight excluding hydrogens is 270 g/mol. The summed E-state index contributed by atoms with van der Waals surface area (Å²) in [6, 6.07) is 9.98. The molecule has 1 N–H and O–H groups in total. The molecule has 0 saturated carbocycles. The molecule has 0 aliphatic carbocycles. The van der Waals surface area contributed by atoms with E-state index < -0.39 is 0 Å². The number of benzene rings is 1. The zero-order valence-corrected chi connectivity index (χ0v) is 12.4. The number of carbonyl (C=O) groups excluding carboxylic acids is 1. The van der Waals surface area contributed by atoms with Crippen LogP contribution in [0, 0.1) is 0 Å². The third-order valence-corrected chi connectivity index (χ3v) is 4.36. The molecular formula is C16H17NO2S. The molecule has 0 saturated heterocycles. The molecule has 0 bridgehead atoms. The van der Waals surface area contributed by atoms with Crippen LogP contribution in [-0.4, -0.2) is 12.0 Å². The van der Waals surface area contributed by atoms with Crippen LogP contribution >= 0.6 is 11.3 Å². The molecule has 1 amide bonds. The lowest BCUT2D eigenvalue weighted by Crippen LogP contribution is -2.22. The van der Waals surface area contributed by atoms with Crippen LogP contribution in [0.15, 0.2) is 35.7 Å². The van der Waals surface area contributed by atoms with E-state index in [1.807, 2.05) is 43.5 Å². The van der Waals surface area contributed by atoms with E-state index in [0.29, 0.717) is 6.42 Å². The minimum Gasteiger partial charge on any atom is -0.491 e. The van der Waals surface area contributed by atoms with Gasteiger partial charge >= 0.3 is 0 Å². The number of hydrogen-bond acceptors (Lipinski definition) is 3. The summed E-state index contributed by atoms with van der Waals surface area (Å²) >= 11 is 1.69. The molecule has 0 spiro atoms. The molecule has 2 heterocycles. The van der Waals surface area contributed by atoms with Crippen LogP contribution in [0.5, 0.6) is 5.75 Å². The predicted molar refractivity (Wildman–Crippen MR) is 81.6 cm³/mol. The molecule has 104 valence electrons. The minimum atomic E-state index is 0.0697. The van der Waals surface area contributed by atoms with Gasteiger partial charge in [0.15, 0.2) is 0 Å². The van der Waals surface area contributed by atoms with Gasteiger partial charge in [-0.3, -0.25) is 4.79 Å². The number of carbonyl (C=O) groups is 1. The first-order chi connectivity index (χ1) is 9.65. The van der Waals surface area contributed by atoms with Crippen LogP contribution in [0.1, 0.15) is 36.6 Å². The first-order valence-corrected chi connectivity index (χ1v) is 7.66. The number of rotatable bonds is 3. The van der Waals surface area contributed by atoms with E-state index in [0.717, 1.165) is 17.0 Å². The van der Waals surface area contributed by atoms with Gasteiger partial charge in [0.2, 0.25) is 5.91 Å². The Balaban J connectivity index is 2.04. The van der Waals surface area contributed by atoms with Crippen molar-refractivity contribution in [1.82, 2.24) is 0 Å². The second kappa shape index (κ2) is 5.29. The van der Waals surface area contributed by atoms with Gasteiger partial charge in [0, 0.05) is 22.8 Å². The third-order valence-electron chi connectivity index (χ3n) is 3.33. The van der Waals surface area contributed by atoms with E-state index in [1.54, 1.807) is 11.3 Å². The second-order valence-corrected chi connectivity index (χ2v) is 6.16. The predicted octanol–water partition coefficient (Wildman–Crippen LogP) is 4.01. The van der Waals surface area contributed by atoms with E-state index in [-0.39, 0.29) is 17.9 Å². The van der Waals surface area contributed by atoms with Crippen molar-refractivity contribution in [2.75, 3.05) is 5.32 Å². The lowest BCUT2D eigenvalue weighted by atomic mass is 9.90. The minimum absolute atomic E-state index is 0.0697. The maximum atomic E-state index is 11.9. The van der Waals surface area contributed by atoms with E-state index in [4.69, 9.17) is 4.74 Å². The average molecular weight is 287 g/mol. The molecule has 0 radical (unpaired) electrons. The Morgan fingerprint density at radius 2 is 2.10 bits per heavy atom. The Morgan fingerprint density at radius 1 is 1.30 bits per heavy atom. The van der Waals surface area contributed by atoms with Gasteiger partial charge in [0.05, 0.1) is 11.8 Å². The summed E-state index contributed by atoms with van der Waals surface area (Å²) in [7, 11) is 0. The van der Waals surface area contributed by atoms with Crippen LogP contribution in [0.2, 0.25) is 0 Å². The standard InChI is InChI=1S/C16H17NO2S/c1-10(2)19-14-6-4-3-5-11(14)12-9-15(18)17-13-7-8-20-16(12)13/h3-8,10,12H,9H2,1-2H3,(H,17,18)/t12-/m0/s1. The maximum absolute atomic E-state index is 11.9. The smallest absolute Gasteiger partial charge is 0.225 e. The first kappa shape index (κ1) is 13.2. The van der Waals surface area contributed by atoms with Crippen molar-refractivity contribution in [3.63, 3.8) is 0 Å². The van der Waals surface area contributed by atoms with E-state index in [9.17, 15) is 4.79 Å². The summed E-state index contributed by atoms with van der Waals surface area (Å²) in [4.78, 5) is 13.1. The normalized spacial score (nSPS) is 17.8. The topological polar surface area (TPSA) is 38.3 Å². The second-order valence-electron chi connectivity index (χ2n) is 5.21. The Labute approximate surface area is 122 Å². The molecule has 4 heteroatoms. The number of anilines is 1. The van der Waals surface area contributed by atoms with Crippen LogP contribution in [0.4, 0.5) is 5.69 Å². The third kappa shape index (κ3) is 2.43. The summed E-state index contributed by atoms with van der Waals surface area (Å²) in [6.07, 6.45) is 0.600. The van der Waals surface area contributed by atoms with Crippen molar-refractivity contribution in [2.45, 2.75) is 32.3 Å². The monoisotopic (exact) mass is 287 g/mol. The highest BCUT2D eigenvalue weighted by Gasteiger charge is 2.29. The Bertz CT molecular complexity index is 633. The van der Waals surface area contributed by atoms with Crippen molar-refractivity contribution in [3.05, 3.63) is 46.2 Å². The van der Waals surface area contributed by atoms with Crippen LogP contribution in [-0.2, 0) is 4.79 Å². The molecule has 1 atom stereocenters. The maximum Gasteiger partial charge on any atom is 0.225 e. The lowest BCUT2D eigenvalue weighted by molar-refractivity contribution is -0.116. The number of fused-ring (bicyclic) bond motifs is 1. The van der Waals surface area contributed by atoms with Crippen molar-refractivity contribution in [1.29, 1.82) is 0 Å². The van der Waals surface area contributed by atoms with Crippen molar-refractivity contribution in [2.24, 2.45) is 0 Å². The zero-order chi connectivity index (χ0) is 14.1. The molecule has 2 aromatic rings. The highest BCUT2D eigenvalue weighted by molar-refractivity contribution is 7.10. The van der Waals surface area contributed by atoms with Crippen molar-refractivity contribution >= 4 is 22.9 Å². The molecule has 1 aromatic carbocycles. The molecule has 1 aromatic heterocycles. The number of thiophene rings is 1. The molecule has 1 aliphatic rings. The zero-order valence-electron chi connectivity index (χ0n) is 11.6. The van der Waals surface area contributed by atoms with Gasteiger partial charge < -0.3 is 10.1 Å². The quantitative estimate of drug-likeness (QED) is 0.926. The van der Waals surface area contributed by atoms with Gasteiger partial charge in [0.25, 0.3) is 0 Å². The Kier molecular flexibility index (Phi) is 3.49. The molecule has 0 fully saturated rings. The Hall–Kier alpha value is -1.81. The van der Waals surface area contributed by atoms with E-state index in [1.165, 1.54) is 4.88 Å². The summed E-state index contributed by atoms with van der Waals surface area (Å²) in [5.41, 5.74) is 2.04. The fraction of sp³-hybridized carbons (Fsp3) is 0.312. The van der Waals surface area contributed by atoms with E-state index in [2.05, 4.69) is 11.4 Å². The molecule has 3 nitrogen and oxygen atoms in total. The summed E-state index contributed by atoms with van der Waals surface area (Å²) in [6.45, 7) is 4.03. The van der Waals surface area contributed by atoms with Crippen LogP contribution in [0.3, 0.4) is 0 Å². The summed E-state index contributed by atoms with van der Waals surface area (Å²) in [5, 5.41) is 4.95. The SMILES string of the molecule is CC(C)Oc1ccccc1[C@@H]1CC(=O)Nc2ccsc21. The summed E-state index contributed by atoms with van der Waals surface area (Å²) < 4.78 is 5.90. The Morgan fingerprint density at radius 3 is 2.90 bits per heavy atom. The van der Waals surface area contributed by atoms with Gasteiger partial charge in [0.1, 0.15) is 5.75 Å². The van der Waals surface area contributed by atoms with Gasteiger partial charge in [-0.15, -0.1) is 11.3 Å². The number of ether oxygens (including phenoxy) is 1. The number of amides is 1. The van der Waals surface area contributed by atoms with E-state index >= 15 is 0 Å². The fourth-order valence-electron chi connectivity index (χ4n) is 2.55. The summed E-state index contributed by atoms with van der Waals surface area (Å²) in [5.74, 6) is 1.04. The number of hydrogen-bond donors (Lipinski definition) is 1. The number of para-hydroxylation sites is 1.